The number of hydrogen-bond donors (Lipinski definition) is 1. The highest BCUT2D eigenvalue weighted by Gasteiger charge is 2.36. The van der Waals surface area contributed by atoms with Crippen LogP contribution in [0.4, 0.5) is 10.5 Å². The van der Waals surface area contributed by atoms with Gasteiger partial charge < -0.3 is 19.6 Å². The molecule has 1 aliphatic heterocycles. The lowest BCUT2D eigenvalue weighted by molar-refractivity contribution is -0.384. The molecule has 0 bridgehead atoms. The first-order valence-corrected chi connectivity index (χ1v) is 15.4. The monoisotopic (exact) mass is 593 g/mol. The number of nitro groups is 1. The topological polar surface area (TPSA) is 113 Å². The van der Waals surface area contributed by atoms with Crippen LogP contribution in [0.15, 0.2) is 73.3 Å². The van der Waals surface area contributed by atoms with E-state index in [0.29, 0.717) is 23.9 Å². The second kappa shape index (κ2) is 17.4. The van der Waals surface area contributed by atoms with Crippen LogP contribution in [0.5, 0.6) is 0 Å². The molecular formula is C34H47N3O6. The second-order valence-electron chi connectivity index (χ2n) is 12.1. The van der Waals surface area contributed by atoms with Crippen molar-refractivity contribution in [3.63, 3.8) is 0 Å². The number of carbonyl (C=O) groups is 2. The molecule has 2 aliphatic rings. The third-order valence-corrected chi connectivity index (χ3v) is 8.44. The van der Waals surface area contributed by atoms with Gasteiger partial charge in [0, 0.05) is 44.4 Å². The Labute approximate surface area is 255 Å². The van der Waals surface area contributed by atoms with Crippen molar-refractivity contribution in [2.45, 2.75) is 65.0 Å². The van der Waals surface area contributed by atoms with Crippen LogP contribution in [0.3, 0.4) is 0 Å². The number of amides is 1. The molecule has 1 aliphatic carbocycles. The summed E-state index contributed by atoms with van der Waals surface area (Å²) in [6.45, 7) is 11.2. The van der Waals surface area contributed by atoms with Crippen molar-refractivity contribution >= 4 is 17.7 Å². The zero-order valence-electron chi connectivity index (χ0n) is 25.6. The molecule has 9 heteroatoms. The largest absolute Gasteiger partial charge is 0.481 e. The minimum atomic E-state index is -0.650. The molecule has 3 atom stereocenters. The lowest BCUT2D eigenvalue weighted by Gasteiger charge is -2.38. The van der Waals surface area contributed by atoms with Crippen molar-refractivity contribution < 1.29 is 24.4 Å². The number of benzene rings is 2. The summed E-state index contributed by atoms with van der Waals surface area (Å²) in [6, 6.07) is 18.1. The van der Waals surface area contributed by atoms with Gasteiger partial charge in [-0.2, -0.15) is 0 Å². The fourth-order valence-electron chi connectivity index (χ4n) is 6.26. The maximum atomic E-state index is 12.9. The SMILES string of the molecule is C=CCN(C(=O)OCc1ccc([N+](=O)[O-])cc1)C1CCN(C[C@@H]2CCC(C(CC(C)C)C(=O)O)C2)CC1.c1ccccc1. The van der Waals surface area contributed by atoms with Crippen molar-refractivity contribution in [2.75, 3.05) is 26.2 Å². The normalized spacial score (nSPS) is 19.6. The summed E-state index contributed by atoms with van der Waals surface area (Å²) >= 11 is 0. The predicted octanol–water partition coefficient (Wildman–Crippen LogP) is 7.03. The summed E-state index contributed by atoms with van der Waals surface area (Å²) < 4.78 is 5.52. The van der Waals surface area contributed by atoms with E-state index in [0.717, 1.165) is 58.2 Å². The fraction of sp³-hybridized carbons (Fsp3) is 0.529. The van der Waals surface area contributed by atoms with Crippen LogP contribution in [0, 0.1) is 33.8 Å². The number of nitrogens with zero attached hydrogens (tertiary/aromatic N) is 3. The summed E-state index contributed by atoms with van der Waals surface area (Å²) in [5, 5.41) is 20.5. The van der Waals surface area contributed by atoms with E-state index < -0.39 is 17.0 Å². The number of carboxylic acid groups (broad SMARTS) is 1. The van der Waals surface area contributed by atoms with Gasteiger partial charge in [-0.3, -0.25) is 14.9 Å². The Hall–Kier alpha value is -3.72. The highest BCUT2D eigenvalue weighted by atomic mass is 16.6. The molecule has 1 amide bonds. The first-order valence-electron chi connectivity index (χ1n) is 15.4. The quantitative estimate of drug-likeness (QED) is 0.160. The Morgan fingerprint density at radius 3 is 2.19 bits per heavy atom. The third kappa shape index (κ3) is 11.1. The zero-order valence-corrected chi connectivity index (χ0v) is 25.6. The number of aliphatic carboxylic acids is 1. The summed E-state index contributed by atoms with van der Waals surface area (Å²) in [4.78, 5) is 39.2. The van der Waals surface area contributed by atoms with Crippen molar-refractivity contribution in [2.24, 2.45) is 23.7 Å². The Bertz CT molecular complexity index is 1120. The van der Waals surface area contributed by atoms with Gasteiger partial charge in [0.05, 0.1) is 10.8 Å². The highest BCUT2D eigenvalue weighted by molar-refractivity contribution is 5.70. The van der Waals surface area contributed by atoms with Gasteiger partial charge >= 0.3 is 12.1 Å². The standard InChI is InChI=1S/C28H41N3O6.C6H6/c1-4-13-30(28(34)37-19-21-6-9-25(10-7-21)31(35)36)24-11-14-29(15-12-24)18-22-5-8-23(17-22)26(27(32)33)16-20(2)3;1-2-4-6-5-3-1/h4,6-7,9-10,20,22-24,26H,1,5,8,11-19H2,2-3H3,(H,32,33);1-6H/t22-,23?,26?;/m1./s1. The van der Waals surface area contributed by atoms with E-state index in [1.807, 2.05) is 36.4 Å². The second-order valence-corrected chi connectivity index (χ2v) is 12.1. The van der Waals surface area contributed by atoms with Crippen molar-refractivity contribution in [1.29, 1.82) is 0 Å². The number of nitro benzene ring substituents is 1. The molecule has 2 aromatic rings. The fourth-order valence-corrected chi connectivity index (χ4v) is 6.26. The van der Waals surface area contributed by atoms with E-state index in [9.17, 15) is 24.8 Å². The van der Waals surface area contributed by atoms with E-state index in [2.05, 4.69) is 25.3 Å². The van der Waals surface area contributed by atoms with Crippen LogP contribution in [0.1, 0.15) is 57.9 Å². The van der Waals surface area contributed by atoms with Gasteiger partial charge in [-0.25, -0.2) is 4.79 Å². The van der Waals surface area contributed by atoms with Crippen LogP contribution in [-0.2, 0) is 16.1 Å². The predicted molar refractivity (Wildman–Crippen MR) is 168 cm³/mol. The molecule has 2 fully saturated rings. The van der Waals surface area contributed by atoms with E-state index >= 15 is 0 Å². The Morgan fingerprint density at radius 1 is 1.07 bits per heavy atom. The van der Waals surface area contributed by atoms with Gasteiger partial charge in [-0.15, -0.1) is 6.58 Å². The molecule has 43 heavy (non-hydrogen) atoms. The van der Waals surface area contributed by atoms with Gasteiger partial charge in [0.1, 0.15) is 6.61 Å². The number of carbonyl (C=O) groups excluding carboxylic acids is 1. The van der Waals surface area contributed by atoms with Gasteiger partial charge in [0.25, 0.3) is 5.69 Å². The number of likely N-dealkylation sites (tertiary alicyclic amines) is 1. The van der Waals surface area contributed by atoms with E-state index in [4.69, 9.17) is 4.74 Å². The van der Waals surface area contributed by atoms with Crippen LogP contribution in [0.25, 0.3) is 0 Å². The van der Waals surface area contributed by atoms with Crippen molar-refractivity contribution in [3.8, 4) is 0 Å². The molecule has 2 aromatic carbocycles. The minimum absolute atomic E-state index is 0.000469. The van der Waals surface area contributed by atoms with Gasteiger partial charge in [0.15, 0.2) is 0 Å². The average molecular weight is 594 g/mol. The lowest BCUT2D eigenvalue weighted by atomic mass is 9.84. The molecule has 234 valence electrons. The summed E-state index contributed by atoms with van der Waals surface area (Å²) in [5.74, 6) is 0.309. The average Bonchev–Trinajstić information content (AvgIpc) is 3.47. The molecule has 1 saturated heterocycles. The number of hydrogen-bond acceptors (Lipinski definition) is 6. The molecule has 4 rings (SSSR count). The van der Waals surface area contributed by atoms with Gasteiger partial charge in [0.2, 0.25) is 0 Å². The molecule has 0 spiro atoms. The molecule has 1 saturated carbocycles. The van der Waals surface area contributed by atoms with Crippen molar-refractivity contribution in [1.82, 2.24) is 9.80 Å². The Kier molecular flexibility index (Phi) is 13.7. The highest BCUT2D eigenvalue weighted by Crippen LogP contribution is 2.39. The Balaban J connectivity index is 0.000000749. The molecule has 0 aromatic heterocycles. The number of rotatable bonds is 12. The smallest absolute Gasteiger partial charge is 0.410 e. The molecule has 0 radical (unpaired) electrons. The minimum Gasteiger partial charge on any atom is -0.481 e. The van der Waals surface area contributed by atoms with Gasteiger partial charge in [-0.1, -0.05) is 56.3 Å². The van der Waals surface area contributed by atoms with Crippen LogP contribution >= 0.6 is 0 Å². The summed E-state index contributed by atoms with van der Waals surface area (Å²) in [7, 11) is 0. The van der Waals surface area contributed by atoms with Crippen LogP contribution in [0.2, 0.25) is 0 Å². The van der Waals surface area contributed by atoms with E-state index in [1.54, 1.807) is 23.1 Å². The molecular weight excluding hydrogens is 546 g/mol. The Morgan fingerprint density at radius 2 is 1.67 bits per heavy atom. The van der Waals surface area contributed by atoms with Crippen molar-refractivity contribution in [3.05, 3.63) is 89.0 Å². The van der Waals surface area contributed by atoms with Gasteiger partial charge in [-0.05, 0) is 74.0 Å². The number of carboxylic acids is 1. The van der Waals surface area contributed by atoms with E-state index in [1.165, 1.54) is 12.1 Å². The molecule has 1 N–H and O–H groups in total. The summed E-state index contributed by atoms with van der Waals surface area (Å²) in [5.41, 5.74) is 0.696. The maximum Gasteiger partial charge on any atom is 0.410 e. The molecule has 2 unspecified atom stereocenters. The lowest BCUT2D eigenvalue weighted by Crippen LogP contribution is -2.48. The zero-order chi connectivity index (χ0) is 31.2. The van der Waals surface area contributed by atoms with Crippen LogP contribution < -0.4 is 0 Å². The molecule has 1 heterocycles. The maximum absolute atomic E-state index is 12.9. The third-order valence-electron chi connectivity index (χ3n) is 8.44. The molecule has 9 nitrogen and oxygen atoms in total. The number of piperidine rings is 1. The first kappa shape index (κ1) is 33.8. The van der Waals surface area contributed by atoms with E-state index in [-0.39, 0.29) is 30.2 Å². The number of non-ortho nitro benzene ring substituents is 1. The summed E-state index contributed by atoms with van der Waals surface area (Å²) in [6.07, 6.45) is 6.82. The van der Waals surface area contributed by atoms with Crippen LogP contribution in [-0.4, -0.2) is 64.1 Å². The first-order chi connectivity index (χ1) is 20.7. The number of ether oxygens (including phenoxy) is 1.